The monoisotopic (exact) mass is 434 g/mol. The Balaban J connectivity index is 1.29. The summed E-state index contributed by atoms with van der Waals surface area (Å²) in [6.45, 7) is 7.99. The van der Waals surface area contributed by atoms with Crippen molar-refractivity contribution in [1.82, 2.24) is 10.2 Å². The zero-order valence-electron chi connectivity index (χ0n) is 19.6. The van der Waals surface area contributed by atoms with Crippen molar-refractivity contribution in [3.05, 3.63) is 0 Å². The summed E-state index contributed by atoms with van der Waals surface area (Å²) in [5.74, 6) is 0.468. The molecule has 176 valence electrons. The zero-order valence-corrected chi connectivity index (χ0v) is 19.6. The fourth-order valence-electron chi connectivity index (χ4n) is 6.28. The Hall–Kier alpha value is -1.14. The molecule has 6 heteroatoms. The van der Waals surface area contributed by atoms with E-state index in [1.165, 1.54) is 19.3 Å². The van der Waals surface area contributed by atoms with Gasteiger partial charge in [0, 0.05) is 37.1 Å². The van der Waals surface area contributed by atoms with Gasteiger partial charge in [0.15, 0.2) is 0 Å². The average molecular weight is 435 g/mol. The first-order chi connectivity index (χ1) is 14.9. The highest BCUT2D eigenvalue weighted by Crippen LogP contribution is 2.47. The van der Waals surface area contributed by atoms with Crippen molar-refractivity contribution in [2.24, 2.45) is 16.7 Å². The van der Waals surface area contributed by atoms with E-state index in [0.717, 1.165) is 64.7 Å². The lowest BCUT2D eigenvalue weighted by atomic mass is 9.64. The van der Waals surface area contributed by atoms with Gasteiger partial charge in [-0.25, -0.2) is 0 Å². The molecular weight excluding hydrogens is 392 g/mol. The lowest BCUT2D eigenvalue weighted by Crippen LogP contribution is -2.53. The van der Waals surface area contributed by atoms with Crippen LogP contribution in [0.3, 0.4) is 0 Å². The van der Waals surface area contributed by atoms with Crippen LogP contribution in [0.25, 0.3) is 0 Å². The molecular formula is C25H42N2O4. The molecule has 4 fully saturated rings. The molecule has 1 spiro atoms. The molecule has 3 aliphatic heterocycles. The van der Waals surface area contributed by atoms with Crippen molar-refractivity contribution >= 4 is 11.8 Å². The minimum Gasteiger partial charge on any atom is -0.381 e. The van der Waals surface area contributed by atoms with Gasteiger partial charge < -0.3 is 19.7 Å². The molecule has 0 radical (unpaired) electrons. The third-order valence-electron chi connectivity index (χ3n) is 8.29. The van der Waals surface area contributed by atoms with Crippen LogP contribution in [-0.2, 0) is 19.1 Å². The van der Waals surface area contributed by atoms with Crippen molar-refractivity contribution in [1.29, 1.82) is 0 Å². The largest absolute Gasteiger partial charge is 0.381 e. The first-order valence-corrected chi connectivity index (χ1v) is 12.7. The van der Waals surface area contributed by atoms with Gasteiger partial charge in [0.25, 0.3) is 0 Å². The summed E-state index contributed by atoms with van der Waals surface area (Å²) in [4.78, 5) is 28.3. The van der Waals surface area contributed by atoms with E-state index in [2.05, 4.69) is 24.1 Å². The Kier molecular flexibility index (Phi) is 7.27. The van der Waals surface area contributed by atoms with E-state index in [1.807, 2.05) is 0 Å². The van der Waals surface area contributed by atoms with Gasteiger partial charge in [-0.1, -0.05) is 33.1 Å². The molecule has 6 nitrogen and oxygen atoms in total. The van der Waals surface area contributed by atoms with Gasteiger partial charge in [-0.3, -0.25) is 9.59 Å². The maximum Gasteiger partial charge on any atom is 0.226 e. The summed E-state index contributed by atoms with van der Waals surface area (Å²) in [5.41, 5.74) is 0.271. The fraction of sp³-hybridized carbons (Fsp3) is 0.920. The summed E-state index contributed by atoms with van der Waals surface area (Å²) in [6, 6.07) is 0.131. The molecule has 0 aromatic carbocycles. The predicted molar refractivity (Wildman–Crippen MR) is 120 cm³/mol. The Morgan fingerprint density at radius 2 is 1.81 bits per heavy atom. The smallest absolute Gasteiger partial charge is 0.226 e. The summed E-state index contributed by atoms with van der Waals surface area (Å²) in [5, 5.41) is 3.11. The third kappa shape index (κ3) is 5.44. The maximum absolute atomic E-state index is 13.6. The van der Waals surface area contributed by atoms with E-state index in [-0.39, 0.29) is 34.8 Å². The van der Waals surface area contributed by atoms with Gasteiger partial charge in [0.1, 0.15) is 0 Å². The highest BCUT2D eigenvalue weighted by atomic mass is 16.5. The first kappa shape index (κ1) is 23.0. The van der Waals surface area contributed by atoms with Crippen LogP contribution in [0.1, 0.15) is 84.5 Å². The number of carbonyl (C=O) groups excluding carboxylic acids is 2. The van der Waals surface area contributed by atoms with E-state index in [0.29, 0.717) is 25.5 Å². The number of hydrogen-bond acceptors (Lipinski definition) is 4. The van der Waals surface area contributed by atoms with Gasteiger partial charge in [-0.05, 0) is 50.4 Å². The molecule has 3 unspecified atom stereocenters. The Bertz CT molecular complexity index is 625. The SMILES string of the molecule is CC1(C)CCC(CC(=O)NCC2CCCN2C(=O)C2CCOCC23CCCCC3)OC1. The Morgan fingerprint density at radius 1 is 1.00 bits per heavy atom. The standard InChI is InChI=1S/C25H42N2O4/c1-24(2)12-8-20(31-17-24)15-22(28)26-16-19-7-6-13-27(19)23(29)21-9-14-30-18-25(21)10-4-3-5-11-25/h19-21H,3-18H2,1-2H3,(H,26,28). The van der Waals surface area contributed by atoms with Crippen LogP contribution in [0.2, 0.25) is 0 Å². The van der Waals surface area contributed by atoms with Crippen LogP contribution < -0.4 is 5.32 Å². The molecule has 3 atom stereocenters. The highest BCUT2D eigenvalue weighted by Gasteiger charge is 2.48. The van der Waals surface area contributed by atoms with E-state index in [1.54, 1.807) is 0 Å². The molecule has 0 bridgehead atoms. The normalized spacial score (nSPS) is 32.7. The van der Waals surface area contributed by atoms with Crippen LogP contribution in [0, 0.1) is 16.7 Å². The number of nitrogens with one attached hydrogen (secondary N) is 1. The minimum absolute atomic E-state index is 0.0303. The highest BCUT2D eigenvalue weighted by molar-refractivity contribution is 5.81. The molecule has 1 aliphatic carbocycles. The van der Waals surface area contributed by atoms with Crippen LogP contribution >= 0.6 is 0 Å². The van der Waals surface area contributed by atoms with Crippen molar-refractivity contribution < 1.29 is 19.1 Å². The molecule has 1 saturated carbocycles. The van der Waals surface area contributed by atoms with Crippen molar-refractivity contribution in [2.45, 2.75) is 96.6 Å². The quantitative estimate of drug-likeness (QED) is 0.717. The molecule has 0 aromatic heterocycles. The number of rotatable bonds is 5. The average Bonchev–Trinajstić information content (AvgIpc) is 3.23. The van der Waals surface area contributed by atoms with Gasteiger partial charge in [-0.2, -0.15) is 0 Å². The van der Waals surface area contributed by atoms with E-state index >= 15 is 0 Å². The predicted octanol–water partition coefficient (Wildman–Crippen LogP) is 3.68. The fourth-order valence-corrected chi connectivity index (χ4v) is 6.28. The van der Waals surface area contributed by atoms with Gasteiger partial charge in [0.2, 0.25) is 11.8 Å². The van der Waals surface area contributed by atoms with Crippen LogP contribution in [-0.4, -0.2) is 61.8 Å². The number of carbonyl (C=O) groups is 2. The Morgan fingerprint density at radius 3 is 2.55 bits per heavy atom. The van der Waals surface area contributed by atoms with Crippen LogP contribution in [0.15, 0.2) is 0 Å². The molecule has 0 aromatic rings. The van der Waals surface area contributed by atoms with Crippen LogP contribution in [0.5, 0.6) is 0 Å². The second kappa shape index (κ2) is 9.78. The zero-order chi connectivity index (χ0) is 21.9. The van der Waals surface area contributed by atoms with E-state index in [4.69, 9.17) is 9.47 Å². The van der Waals surface area contributed by atoms with Gasteiger partial charge in [0.05, 0.1) is 25.7 Å². The summed E-state index contributed by atoms with van der Waals surface area (Å²) >= 11 is 0. The number of ether oxygens (including phenoxy) is 2. The second-order valence-corrected chi connectivity index (χ2v) is 11.3. The topological polar surface area (TPSA) is 67.9 Å². The molecule has 1 N–H and O–H groups in total. The molecule has 3 saturated heterocycles. The molecule has 31 heavy (non-hydrogen) atoms. The van der Waals surface area contributed by atoms with Crippen molar-refractivity contribution in [3.63, 3.8) is 0 Å². The first-order valence-electron chi connectivity index (χ1n) is 12.7. The third-order valence-corrected chi connectivity index (χ3v) is 8.29. The van der Waals surface area contributed by atoms with Gasteiger partial charge in [-0.15, -0.1) is 0 Å². The molecule has 4 aliphatic rings. The van der Waals surface area contributed by atoms with Crippen molar-refractivity contribution in [3.8, 4) is 0 Å². The Labute approximate surface area is 187 Å². The lowest BCUT2D eigenvalue weighted by molar-refractivity contribution is -0.153. The van der Waals surface area contributed by atoms with Gasteiger partial charge >= 0.3 is 0 Å². The van der Waals surface area contributed by atoms with Crippen molar-refractivity contribution in [2.75, 3.05) is 32.9 Å². The number of hydrogen-bond donors (Lipinski definition) is 1. The minimum atomic E-state index is 0.0303. The number of likely N-dealkylation sites (tertiary alicyclic amines) is 1. The molecule has 2 amide bonds. The number of nitrogens with zero attached hydrogens (tertiary/aromatic N) is 1. The molecule has 3 heterocycles. The lowest BCUT2D eigenvalue weighted by Gasteiger charge is -2.47. The van der Waals surface area contributed by atoms with Crippen LogP contribution in [0.4, 0.5) is 0 Å². The maximum atomic E-state index is 13.6. The second-order valence-electron chi connectivity index (χ2n) is 11.3. The van der Waals surface area contributed by atoms with E-state index in [9.17, 15) is 9.59 Å². The summed E-state index contributed by atoms with van der Waals surface area (Å²) < 4.78 is 11.8. The number of amides is 2. The molecule has 4 rings (SSSR count). The van der Waals surface area contributed by atoms with E-state index < -0.39 is 0 Å². The summed E-state index contributed by atoms with van der Waals surface area (Å²) in [6.07, 6.45) is 11.3. The summed E-state index contributed by atoms with van der Waals surface area (Å²) in [7, 11) is 0.